The van der Waals surface area contributed by atoms with Gasteiger partial charge in [0.1, 0.15) is 0 Å². The molecule has 0 amide bonds. The number of hydrogen-bond acceptors (Lipinski definition) is 4. The van der Waals surface area contributed by atoms with Gasteiger partial charge in [-0.15, -0.1) is 0 Å². The molecule has 0 saturated heterocycles. The van der Waals surface area contributed by atoms with Crippen molar-refractivity contribution in [1.29, 1.82) is 0 Å². The number of aromatic nitrogens is 2. The molecule has 2 rings (SSSR count). The minimum absolute atomic E-state index is 0.0118. The number of ether oxygens (including phenoxy) is 2. The first kappa shape index (κ1) is 12.1. The van der Waals surface area contributed by atoms with E-state index in [1.54, 1.807) is 18.3 Å². The summed E-state index contributed by atoms with van der Waals surface area (Å²) in [5.41, 5.74) is 0.176. The smallest absolute Gasteiger partial charge is 0.358 e. The third kappa shape index (κ3) is 2.65. The fraction of sp³-hybridized carbons (Fsp3) is 0.167. The van der Waals surface area contributed by atoms with Crippen LogP contribution in [0.3, 0.4) is 0 Å². The normalized spacial score (nSPS) is 10.1. The Morgan fingerprint density at radius 3 is 2.89 bits per heavy atom. The van der Waals surface area contributed by atoms with Crippen molar-refractivity contribution < 1.29 is 18.7 Å². The van der Waals surface area contributed by atoms with Gasteiger partial charge in [0.25, 0.3) is 0 Å². The summed E-state index contributed by atoms with van der Waals surface area (Å²) in [6.07, 6.45) is 1.55. The van der Waals surface area contributed by atoms with E-state index in [-0.39, 0.29) is 18.2 Å². The molecule has 0 N–H and O–H groups in total. The van der Waals surface area contributed by atoms with Crippen LogP contribution >= 0.6 is 0 Å². The lowest BCUT2D eigenvalue weighted by Crippen LogP contribution is -2.09. The molecule has 0 aliphatic carbocycles. The monoisotopic (exact) mass is 250 g/mol. The Labute approximate surface area is 103 Å². The Morgan fingerprint density at radius 2 is 2.17 bits per heavy atom. The average molecular weight is 250 g/mol. The summed E-state index contributed by atoms with van der Waals surface area (Å²) in [4.78, 5) is 11.2. The first-order valence-corrected chi connectivity index (χ1v) is 5.20. The van der Waals surface area contributed by atoms with Crippen molar-refractivity contribution in [3.63, 3.8) is 0 Å². The zero-order chi connectivity index (χ0) is 13.0. The van der Waals surface area contributed by atoms with E-state index in [1.807, 2.05) is 0 Å². The molecule has 6 heteroatoms. The molecule has 1 heterocycles. The number of halogens is 1. The number of carbonyl (C=O) groups excluding carboxylic acids is 1. The van der Waals surface area contributed by atoms with E-state index >= 15 is 0 Å². The summed E-state index contributed by atoms with van der Waals surface area (Å²) in [7, 11) is 1.27. The lowest BCUT2D eigenvalue weighted by Gasteiger charge is -2.06. The maximum Gasteiger partial charge on any atom is 0.358 e. The second kappa shape index (κ2) is 5.31. The maximum absolute atomic E-state index is 13.3. The number of esters is 1. The Kier molecular flexibility index (Phi) is 3.57. The first-order chi connectivity index (χ1) is 8.70. The van der Waals surface area contributed by atoms with Gasteiger partial charge in [-0.3, -0.25) is 0 Å². The highest BCUT2D eigenvalue weighted by atomic mass is 19.1. The summed E-state index contributed by atoms with van der Waals surface area (Å²) in [6, 6.07) is 7.56. The molecule has 0 radical (unpaired) electrons. The SMILES string of the molecule is COC(=O)c1ccn(COc2ccccc2F)n1. The molecular weight excluding hydrogens is 239 g/mol. The van der Waals surface area contributed by atoms with Gasteiger partial charge in [-0.05, 0) is 18.2 Å². The summed E-state index contributed by atoms with van der Waals surface area (Å²) < 4.78 is 24.4. The molecule has 0 aliphatic rings. The lowest BCUT2D eigenvalue weighted by molar-refractivity contribution is 0.0592. The van der Waals surface area contributed by atoms with Crippen molar-refractivity contribution in [1.82, 2.24) is 9.78 Å². The van der Waals surface area contributed by atoms with Crippen LogP contribution in [0.4, 0.5) is 4.39 Å². The highest BCUT2D eigenvalue weighted by Crippen LogP contribution is 2.15. The van der Waals surface area contributed by atoms with E-state index in [2.05, 4.69) is 9.84 Å². The van der Waals surface area contributed by atoms with Crippen molar-refractivity contribution in [3.05, 3.63) is 48.0 Å². The Balaban J connectivity index is 2.01. The van der Waals surface area contributed by atoms with Crippen molar-refractivity contribution in [2.75, 3.05) is 7.11 Å². The van der Waals surface area contributed by atoms with E-state index in [9.17, 15) is 9.18 Å². The minimum atomic E-state index is -0.528. The fourth-order valence-electron chi connectivity index (χ4n) is 1.34. The molecule has 5 nitrogen and oxygen atoms in total. The van der Waals surface area contributed by atoms with Crippen LogP contribution in [-0.2, 0) is 11.5 Å². The summed E-state index contributed by atoms with van der Waals surface area (Å²) in [6.45, 7) is 0.0118. The van der Waals surface area contributed by atoms with Crippen LogP contribution in [0.1, 0.15) is 10.5 Å². The Hall–Kier alpha value is -2.37. The standard InChI is InChI=1S/C12H11FN2O3/c1-17-12(16)10-6-7-15(14-10)8-18-11-5-3-2-4-9(11)13/h2-7H,8H2,1H3. The third-order valence-electron chi connectivity index (χ3n) is 2.22. The van der Waals surface area contributed by atoms with E-state index < -0.39 is 11.8 Å². The summed E-state index contributed by atoms with van der Waals surface area (Å²) in [5.74, 6) is -0.842. The minimum Gasteiger partial charge on any atom is -0.468 e. The highest BCUT2D eigenvalue weighted by Gasteiger charge is 2.09. The molecule has 0 saturated carbocycles. The zero-order valence-corrected chi connectivity index (χ0v) is 9.67. The van der Waals surface area contributed by atoms with Crippen LogP contribution in [0.25, 0.3) is 0 Å². The average Bonchev–Trinajstić information content (AvgIpc) is 2.86. The number of para-hydroxylation sites is 1. The first-order valence-electron chi connectivity index (χ1n) is 5.20. The quantitative estimate of drug-likeness (QED) is 0.777. The van der Waals surface area contributed by atoms with Crippen LogP contribution in [0, 0.1) is 5.82 Å². The second-order valence-electron chi connectivity index (χ2n) is 3.44. The number of hydrogen-bond donors (Lipinski definition) is 0. The fourth-order valence-corrected chi connectivity index (χ4v) is 1.34. The number of methoxy groups -OCH3 is 1. The van der Waals surface area contributed by atoms with Gasteiger partial charge in [0.2, 0.25) is 0 Å². The molecular formula is C12H11FN2O3. The van der Waals surface area contributed by atoms with Gasteiger partial charge in [0.05, 0.1) is 7.11 Å². The predicted octanol–water partition coefficient (Wildman–Crippen LogP) is 1.85. The summed E-state index contributed by atoms with van der Waals surface area (Å²) >= 11 is 0. The molecule has 2 aromatic rings. The molecule has 94 valence electrons. The van der Waals surface area contributed by atoms with Crippen molar-refractivity contribution >= 4 is 5.97 Å². The number of benzene rings is 1. The van der Waals surface area contributed by atoms with E-state index in [0.29, 0.717) is 0 Å². The lowest BCUT2D eigenvalue weighted by atomic mass is 10.3. The molecule has 1 aromatic heterocycles. The zero-order valence-electron chi connectivity index (χ0n) is 9.67. The molecule has 0 aliphatic heterocycles. The predicted molar refractivity (Wildman–Crippen MR) is 60.6 cm³/mol. The molecule has 0 unspecified atom stereocenters. The van der Waals surface area contributed by atoms with Gasteiger partial charge < -0.3 is 9.47 Å². The van der Waals surface area contributed by atoms with E-state index in [0.717, 1.165) is 0 Å². The molecule has 0 atom stereocenters. The van der Waals surface area contributed by atoms with Crippen molar-refractivity contribution in [3.8, 4) is 5.75 Å². The topological polar surface area (TPSA) is 53.4 Å². The largest absolute Gasteiger partial charge is 0.468 e. The molecule has 18 heavy (non-hydrogen) atoms. The van der Waals surface area contributed by atoms with Crippen LogP contribution < -0.4 is 4.74 Å². The Bertz CT molecular complexity index is 554. The van der Waals surface area contributed by atoms with Crippen LogP contribution in [0.5, 0.6) is 5.75 Å². The maximum atomic E-state index is 13.3. The van der Waals surface area contributed by atoms with Crippen LogP contribution in [-0.4, -0.2) is 22.9 Å². The third-order valence-corrected chi connectivity index (χ3v) is 2.22. The van der Waals surface area contributed by atoms with Gasteiger partial charge in [0, 0.05) is 6.20 Å². The second-order valence-corrected chi connectivity index (χ2v) is 3.44. The van der Waals surface area contributed by atoms with Gasteiger partial charge >= 0.3 is 5.97 Å². The molecule has 0 fully saturated rings. The van der Waals surface area contributed by atoms with Crippen molar-refractivity contribution in [2.45, 2.75) is 6.73 Å². The number of carbonyl (C=O) groups is 1. The number of nitrogens with zero attached hydrogens (tertiary/aromatic N) is 2. The van der Waals surface area contributed by atoms with Gasteiger partial charge in [-0.1, -0.05) is 12.1 Å². The highest BCUT2D eigenvalue weighted by molar-refractivity contribution is 5.86. The van der Waals surface area contributed by atoms with Crippen LogP contribution in [0.15, 0.2) is 36.5 Å². The Morgan fingerprint density at radius 1 is 1.39 bits per heavy atom. The van der Waals surface area contributed by atoms with Crippen LogP contribution in [0.2, 0.25) is 0 Å². The number of rotatable bonds is 4. The van der Waals surface area contributed by atoms with E-state index in [4.69, 9.17) is 4.74 Å². The van der Waals surface area contributed by atoms with E-state index in [1.165, 1.54) is 30.0 Å². The van der Waals surface area contributed by atoms with Gasteiger partial charge in [0.15, 0.2) is 24.0 Å². The summed E-state index contributed by atoms with van der Waals surface area (Å²) in [5, 5.41) is 3.92. The van der Waals surface area contributed by atoms with Gasteiger partial charge in [-0.25, -0.2) is 13.9 Å². The molecule has 0 bridgehead atoms. The molecule has 1 aromatic carbocycles. The molecule has 0 spiro atoms. The van der Waals surface area contributed by atoms with Gasteiger partial charge in [-0.2, -0.15) is 5.10 Å². The van der Waals surface area contributed by atoms with Crippen molar-refractivity contribution in [2.24, 2.45) is 0 Å².